The number of carbonyl (C=O) groups is 1. The molecule has 6 rings (SSSR count). The number of nitrogens with zero attached hydrogens (tertiary/aromatic N) is 1. The zero-order valence-electron chi connectivity index (χ0n) is 15.3. The summed E-state index contributed by atoms with van der Waals surface area (Å²) >= 11 is 0. The minimum absolute atomic E-state index is 0.0265. The van der Waals surface area contributed by atoms with Crippen molar-refractivity contribution >= 4 is 5.91 Å². The summed E-state index contributed by atoms with van der Waals surface area (Å²) < 4.78 is 0. The van der Waals surface area contributed by atoms with Crippen LogP contribution in [0.1, 0.15) is 56.6 Å². The lowest BCUT2D eigenvalue weighted by Crippen LogP contribution is -2.62. The predicted molar refractivity (Wildman–Crippen MR) is 99.1 cm³/mol. The smallest absolute Gasteiger partial charge is 0.237 e. The molecule has 1 N–H and O–H groups in total. The van der Waals surface area contributed by atoms with E-state index >= 15 is 0 Å². The van der Waals surface area contributed by atoms with Crippen molar-refractivity contribution in [2.24, 2.45) is 17.8 Å². The van der Waals surface area contributed by atoms with Crippen molar-refractivity contribution < 1.29 is 4.79 Å². The van der Waals surface area contributed by atoms with Crippen LogP contribution in [0.4, 0.5) is 0 Å². The molecule has 0 radical (unpaired) electrons. The second-order valence-electron chi connectivity index (χ2n) is 9.35. The van der Waals surface area contributed by atoms with Crippen LogP contribution in [-0.4, -0.2) is 28.9 Å². The maximum Gasteiger partial charge on any atom is 0.237 e. The molecule has 5 aliphatic rings. The van der Waals surface area contributed by atoms with Gasteiger partial charge in [-0.15, -0.1) is 0 Å². The third-order valence-corrected chi connectivity index (χ3v) is 7.51. The Morgan fingerprint density at radius 3 is 2.32 bits per heavy atom. The van der Waals surface area contributed by atoms with Gasteiger partial charge in [-0.25, -0.2) is 0 Å². The van der Waals surface area contributed by atoms with Gasteiger partial charge in [-0.05, 0) is 80.8 Å². The van der Waals surface area contributed by atoms with Crippen molar-refractivity contribution in [1.29, 1.82) is 0 Å². The first kappa shape index (κ1) is 15.9. The molecule has 0 unspecified atom stereocenters. The number of carbonyl (C=O) groups excluding carboxylic acids is 1. The second-order valence-corrected chi connectivity index (χ2v) is 9.35. The summed E-state index contributed by atoms with van der Waals surface area (Å²) in [5.74, 6) is 2.90. The maximum absolute atomic E-state index is 13.1. The minimum Gasteiger partial charge on any atom is -0.349 e. The maximum atomic E-state index is 13.1. The Hall–Kier alpha value is -1.35. The SMILES string of the molecule is C[C@@H](C(=O)NC12CC3CC(CC(C3)C1)C2)N1CCc2ccccc2C1. The van der Waals surface area contributed by atoms with Crippen LogP contribution in [0.25, 0.3) is 0 Å². The Bertz CT molecular complexity index is 647. The van der Waals surface area contributed by atoms with E-state index in [1.165, 1.54) is 49.7 Å². The van der Waals surface area contributed by atoms with Crippen molar-refractivity contribution in [3.8, 4) is 0 Å². The van der Waals surface area contributed by atoms with Gasteiger partial charge in [0.2, 0.25) is 5.91 Å². The molecular formula is C22H30N2O. The number of hydrogen-bond donors (Lipinski definition) is 1. The van der Waals surface area contributed by atoms with E-state index in [2.05, 4.69) is 41.4 Å². The van der Waals surface area contributed by atoms with Crippen LogP contribution in [0, 0.1) is 17.8 Å². The zero-order chi connectivity index (χ0) is 17.0. The Morgan fingerprint density at radius 1 is 1.08 bits per heavy atom. The third kappa shape index (κ3) is 2.81. The van der Waals surface area contributed by atoms with Gasteiger partial charge < -0.3 is 5.32 Å². The van der Waals surface area contributed by atoms with Crippen LogP contribution in [0.2, 0.25) is 0 Å². The highest BCUT2D eigenvalue weighted by Crippen LogP contribution is 2.55. The molecule has 3 heteroatoms. The van der Waals surface area contributed by atoms with E-state index in [9.17, 15) is 4.79 Å². The quantitative estimate of drug-likeness (QED) is 0.914. The molecule has 1 atom stereocenters. The fourth-order valence-corrected chi connectivity index (χ4v) is 6.64. The van der Waals surface area contributed by atoms with Crippen molar-refractivity contribution in [1.82, 2.24) is 10.2 Å². The normalized spacial score (nSPS) is 37.6. The minimum atomic E-state index is -0.0265. The van der Waals surface area contributed by atoms with E-state index in [1.54, 1.807) is 0 Å². The fourth-order valence-electron chi connectivity index (χ4n) is 6.64. The molecule has 4 bridgehead atoms. The molecule has 1 heterocycles. The van der Waals surface area contributed by atoms with E-state index in [1.807, 2.05) is 0 Å². The predicted octanol–water partition coefficient (Wildman–Crippen LogP) is 3.52. The summed E-state index contributed by atoms with van der Waals surface area (Å²) in [6, 6.07) is 8.65. The molecular weight excluding hydrogens is 308 g/mol. The van der Waals surface area contributed by atoms with Crippen LogP contribution < -0.4 is 5.32 Å². The Labute approximate surface area is 151 Å². The molecule has 4 saturated carbocycles. The average Bonchev–Trinajstić information content (AvgIpc) is 2.59. The first-order chi connectivity index (χ1) is 12.1. The Morgan fingerprint density at radius 2 is 1.68 bits per heavy atom. The van der Waals surface area contributed by atoms with Crippen LogP contribution in [0.5, 0.6) is 0 Å². The highest BCUT2D eigenvalue weighted by molar-refractivity contribution is 5.82. The lowest BCUT2D eigenvalue weighted by atomic mass is 9.53. The van der Waals surface area contributed by atoms with Gasteiger partial charge in [0.1, 0.15) is 0 Å². The van der Waals surface area contributed by atoms with Gasteiger partial charge in [0.05, 0.1) is 6.04 Å². The van der Waals surface area contributed by atoms with Crippen LogP contribution in [-0.2, 0) is 17.8 Å². The molecule has 4 fully saturated rings. The summed E-state index contributed by atoms with van der Waals surface area (Å²) in [6.07, 6.45) is 9.04. The van der Waals surface area contributed by atoms with E-state index in [0.29, 0.717) is 0 Å². The standard InChI is InChI=1S/C22H30N2O/c1-15(24-7-6-19-4-2-3-5-20(19)14-24)21(25)23-22-11-16-8-17(12-22)10-18(9-16)13-22/h2-5,15-18H,6-14H2,1H3,(H,23,25)/t15-,16?,17?,18?,22?/m0/s1. The highest BCUT2D eigenvalue weighted by atomic mass is 16.2. The molecule has 1 aromatic rings. The summed E-state index contributed by atoms with van der Waals surface area (Å²) in [4.78, 5) is 15.4. The molecule has 134 valence electrons. The van der Waals surface area contributed by atoms with Gasteiger partial charge in [0, 0.05) is 18.6 Å². The molecule has 25 heavy (non-hydrogen) atoms. The Kier molecular flexibility index (Phi) is 3.70. The first-order valence-electron chi connectivity index (χ1n) is 10.2. The summed E-state index contributed by atoms with van der Waals surface area (Å²) in [5.41, 5.74) is 2.98. The molecule has 1 amide bonds. The lowest BCUT2D eigenvalue weighted by Gasteiger charge is -2.57. The molecule has 0 spiro atoms. The van der Waals surface area contributed by atoms with Gasteiger partial charge in [0.25, 0.3) is 0 Å². The van der Waals surface area contributed by atoms with Crippen molar-refractivity contribution in [3.63, 3.8) is 0 Å². The second kappa shape index (κ2) is 5.84. The van der Waals surface area contributed by atoms with Gasteiger partial charge in [0.15, 0.2) is 0 Å². The zero-order valence-corrected chi connectivity index (χ0v) is 15.3. The molecule has 1 aromatic carbocycles. The Balaban J connectivity index is 1.27. The molecule has 0 saturated heterocycles. The molecule has 0 aromatic heterocycles. The molecule has 3 nitrogen and oxygen atoms in total. The number of nitrogens with one attached hydrogen (secondary N) is 1. The largest absolute Gasteiger partial charge is 0.349 e. The molecule has 1 aliphatic heterocycles. The summed E-state index contributed by atoms with van der Waals surface area (Å²) in [6.45, 7) is 4.00. The van der Waals surface area contributed by atoms with Crippen molar-refractivity contribution in [2.75, 3.05) is 6.54 Å². The number of rotatable bonds is 3. The van der Waals surface area contributed by atoms with Crippen molar-refractivity contribution in [3.05, 3.63) is 35.4 Å². The number of amides is 1. The number of hydrogen-bond acceptors (Lipinski definition) is 2. The lowest BCUT2D eigenvalue weighted by molar-refractivity contribution is -0.132. The van der Waals surface area contributed by atoms with E-state index < -0.39 is 0 Å². The monoisotopic (exact) mass is 338 g/mol. The summed E-state index contributed by atoms with van der Waals surface area (Å²) in [5, 5.41) is 3.56. The highest BCUT2D eigenvalue weighted by Gasteiger charge is 2.51. The number of benzene rings is 1. The van der Waals surface area contributed by atoms with Crippen LogP contribution in [0.15, 0.2) is 24.3 Å². The van der Waals surface area contributed by atoms with Gasteiger partial charge in [-0.3, -0.25) is 9.69 Å². The summed E-state index contributed by atoms with van der Waals surface area (Å²) in [7, 11) is 0. The first-order valence-corrected chi connectivity index (χ1v) is 10.2. The topological polar surface area (TPSA) is 32.3 Å². The van der Waals surface area contributed by atoms with Crippen LogP contribution >= 0.6 is 0 Å². The van der Waals surface area contributed by atoms with E-state index in [4.69, 9.17) is 0 Å². The number of fused-ring (bicyclic) bond motifs is 1. The average molecular weight is 338 g/mol. The van der Waals surface area contributed by atoms with E-state index in [-0.39, 0.29) is 17.5 Å². The third-order valence-electron chi connectivity index (χ3n) is 7.51. The van der Waals surface area contributed by atoms with Gasteiger partial charge >= 0.3 is 0 Å². The van der Waals surface area contributed by atoms with Gasteiger partial charge in [-0.2, -0.15) is 0 Å². The fraction of sp³-hybridized carbons (Fsp3) is 0.682. The van der Waals surface area contributed by atoms with E-state index in [0.717, 1.165) is 37.3 Å². The van der Waals surface area contributed by atoms with Gasteiger partial charge in [-0.1, -0.05) is 24.3 Å². The van der Waals surface area contributed by atoms with Crippen molar-refractivity contribution in [2.45, 2.75) is 70.0 Å². The van der Waals surface area contributed by atoms with Crippen LogP contribution in [0.3, 0.4) is 0 Å². The molecule has 4 aliphatic carbocycles.